The molecule has 0 saturated heterocycles. The molecule has 0 saturated carbocycles. The molecule has 0 aliphatic carbocycles. The minimum absolute atomic E-state index is 0.195. The quantitative estimate of drug-likeness (QED) is 0.517. The van der Waals surface area contributed by atoms with Crippen molar-refractivity contribution in [2.45, 2.75) is 19.9 Å². The van der Waals surface area contributed by atoms with Gasteiger partial charge in [0.15, 0.2) is 11.0 Å². The molecule has 0 bridgehead atoms. The van der Waals surface area contributed by atoms with Crippen LogP contribution < -0.4 is 10.6 Å². The Hall–Kier alpha value is -3.66. The van der Waals surface area contributed by atoms with Crippen LogP contribution in [0.25, 0.3) is 22.8 Å². The second kappa shape index (κ2) is 8.15. The summed E-state index contributed by atoms with van der Waals surface area (Å²) in [5, 5.41) is 15.9. The van der Waals surface area contributed by atoms with Gasteiger partial charge in [0, 0.05) is 29.4 Å². The van der Waals surface area contributed by atoms with Gasteiger partial charge in [-0.2, -0.15) is 0 Å². The number of thiazole rings is 1. The van der Waals surface area contributed by atoms with Crippen LogP contribution in [0.15, 0.2) is 54.4 Å². The van der Waals surface area contributed by atoms with Crippen molar-refractivity contribution in [2.75, 3.05) is 10.6 Å². The molecule has 0 atom stereocenters. The molecule has 146 valence electrons. The zero-order chi connectivity index (χ0) is 20.2. The van der Waals surface area contributed by atoms with Crippen molar-refractivity contribution in [1.82, 2.24) is 29.7 Å². The molecule has 4 rings (SSSR count). The molecule has 29 heavy (non-hydrogen) atoms. The smallest absolute Gasteiger partial charge is 0.310 e. The lowest BCUT2D eigenvalue weighted by molar-refractivity contribution is 0.262. The van der Waals surface area contributed by atoms with Crippen molar-refractivity contribution in [3.8, 4) is 22.8 Å². The number of carbonyl (C=O) groups excluding carboxylic acids is 1. The van der Waals surface area contributed by atoms with Gasteiger partial charge in [0.2, 0.25) is 0 Å². The summed E-state index contributed by atoms with van der Waals surface area (Å²) in [4.78, 5) is 25.3. The molecule has 2 N–H and O–H groups in total. The number of nitrogens with zero attached hydrogens (tertiary/aromatic N) is 6. The van der Waals surface area contributed by atoms with E-state index in [2.05, 4.69) is 35.8 Å². The lowest BCUT2D eigenvalue weighted by Gasteiger charge is -2.10. The second-order valence-electron chi connectivity index (χ2n) is 6.42. The number of aromatic nitrogens is 6. The Balaban J connectivity index is 1.45. The lowest BCUT2D eigenvalue weighted by atomic mass is 10.2. The van der Waals surface area contributed by atoms with Crippen LogP contribution >= 0.6 is 11.3 Å². The third-order valence-corrected chi connectivity index (χ3v) is 4.79. The highest BCUT2D eigenvalue weighted by Gasteiger charge is 2.13. The van der Waals surface area contributed by atoms with Crippen LogP contribution in [-0.2, 0) is 0 Å². The molecule has 10 heteroatoms. The van der Waals surface area contributed by atoms with Crippen LogP contribution in [0.2, 0.25) is 0 Å². The van der Waals surface area contributed by atoms with Gasteiger partial charge in [0.25, 0.3) is 0 Å². The van der Waals surface area contributed by atoms with Gasteiger partial charge in [-0.1, -0.05) is 6.07 Å². The fourth-order valence-corrected chi connectivity index (χ4v) is 3.37. The monoisotopic (exact) mass is 406 g/mol. The Labute approximate surface area is 170 Å². The van der Waals surface area contributed by atoms with Crippen LogP contribution in [0.4, 0.5) is 15.7 Å². The number of anilines is 2. The fraction of sp³-hybridized carbons (Fsp3) is 0.158. The molecule has 9 nitrogen and oxygen atoms in total. The molecule has 4 aromatic heterocycles. The van der Waals surface area contributed by atoms with E-state index in [9.17, 15) is 4.79 Å². The van der Waals surface area contributed by atoms with Gasteiger partial charge in [0.05, 0.1) is 5.69 Å². The number of hydrogen-bond donors (Lipinski definition) is 2. The Kier molecular flexibility index (Phi) is 5.25. The SMILES string of the molecule is CC(C)n1cnnc1-c1cccc(NC(=O)Nc2nc(-c3cccnc3)cs2)n1. The van der Waals surface area contributed by atoms with E-state index in [0.29, 0.717) is 22.5 Å². The summed E-state index contributed by atoms with van der Waals surface area (Å²) in [6.07, 6.45) is 5.09. The van der Waals surface area contributed by atoms with Gasteiger partial charge < -0.3 is 4.57 Å². The van der Waals surface area contributed by atoms with Gasteiger partial charge in [-0.15, -0.1) is 21.5 Å². The maximum Gasteiger partial charge on any atom is 0.326 e. The third-order valence-electron chi connectivity index (χ3n) is 4.03. The molecule has 0 fully saturated rings. The molecule has 0 unspecified atom stereocenters. The number of amides is 2. The predicted molar refractivity (Wildman–Crippen MR) is 112 cm³/mol. The molecule has 0 aliphatic heterocycles. The minimum Gasteiger partial charge on any atom is -0.310 e. The summed E-state index contributed by atoms with van der Waals surface area (Å²) in [6.45, 7) is 4.08. The molecule has 4 aromatic rings. The first-order chi connectivity index (χ1) is 14.1. The van der Waals surface area contributed by atoms with Gasteiger partial charge in [-0.25, -0.2) is 14.8 Å². The topological polar surface area (TPSA) is 111 Å². The molecular weight excluding hydrogens is 388 g/mol. The van der Waals surface area contributed by atoms with E-state index in [1.165, 1.54) is 11.3 Å². The predicted octanol–water partition coefficient (Wildman–Crippen LogP) is 4.08. The average Bonchev–Trinajstić information content (AvgIpc) is 3.38. The molecule has 0 spiro atoms. The second-order valence-corrected chi connectivity index (χ2v) is 7.28. The summed E-state index contributed by atoms with van der Waals surface area (Å²) in [7, 11) is 0. The Morgan fingerprint density at radius 3 is 2.79 bits per heavy atom. The molecule has 0 radical (unpaired) electrons. The van der Waals surface area contributed by atoms with E-state index in [0.717, 1.165) is 11.3 Å². The number of pyridine rings is 2. The van der Waals surface area contributed by atoms with E-state index in [1.54, 1.807) is 30.9 Å². The van der Waals surface area contributed by atoms with Crippen molar-refractivity contribution in [3.63, 3.8) is 0 Å². The zero-order valence-corrected chi connectivity index (χ0v) is 16.6. The van der Waals surface area contributed by atoms with Crippen molar-refractivity contribution in [1.29, 1.82) is 0 Å². The van der Waals surface area contributed by atoms with E-state index in [-0.39, 0.29) is 6.04 Å². The number of nitrogens with one attached hydrogen (secondary N) is 2. The van der Waals surface area contributed by atoms with Crippen molar-refractivity contribution < 1.29 is 4.79 Å². The Morgan fingerprint density at radius 2 is 2.00 bits per heavy atom. The highest BCUT2D eigenvalue weighted by atomic mass is 32.1. The van der Waals surface area contributed by atoms with E-state index < -0.39 is 6.03 Å². The van der Waals surface area contributed by atoms with Crippen LogP contribution in [0.3, 0.4) is 0 Å². The fourth-order valence-electron chi connectivity index (χ4n) is 2.66. The van der Waals surface area contributed by atoms with Crippen LogP contribution in [0.5, 0.6) is 0 Å². The first-order valence-electron chi connectivity index (χ1n) is 8.91. The summed E-state index contributed by atoms with van der Waals surface area (Å²) in [5.41, 5.74) is 2.27. The number of urea groups is 1. The van der Waals surface area contributed by atoms with Gasteiger partial charge in [-0.3, -0.25) is 15.6 Å². The normalized spacial score (nSPS) is 10.9. The van der Waals surface area contributed by atoms with Crippen molar-refractivity contribution in [3.05, 3.63) is 54.4 Å². The van der Waals surface area contributed by atoms with E-state index in [1.807, 2.05) is 42.0 Å². The zero-order valence-electron chi connectivity index (χ0n) is 15.8. The summed E-state index contributed by atoms with van der Waals surface area (Å²) in [6, 6.07) is 8.87. The van der Waals surface area contributed by atoms with Crippen LogP contribution in [0.1, 0.15) is 19.9 Å². The first kappa shape index (κ1) is 18.7. The van der Waals surface area contributed by atoms with Gasteiger partial charge in [0.1, 0.15) is 17.8 Å². The van der Waals surface area contributed by atoms with Gasteiger partial charge in [-0.05, 0) is 38.1 Å². The molecule has 0 aliphatic rings. The minimum atomic E-state index is -0.424. The van der Waals surface area contributed by atoms with E-state index in [4.69, 9.17) is 0 Å². The maximum atomic E-state index is 12.4. The lowest BCUT2D eigenvalue weighted by Crippen LogP contribution is -2.20. The molecular formula is C19H18N8OS. The van der Waals surface area contributed by atoms with Gasteiger partial charge >= 0.3 is 6.03 Å². The molecule has 0 aromatic carbocycles. The summed E-state index contributed by atoms with van der Waals surface area (Å²) < 4.78 is 1.92. The highest BCUT2D eigenvalue weighted by Crippen LogP contribution is 2.24. The van der Waals surface area contributed by atoms with Crippen molar-refractivity contribution >= 4 is 28.3 Å². The maximum absolute atomic E-state index is 12.4. The highest BCUT2D eigenvalue weighted by molar-refractivity contribution is 7.14. The molecule has 2 amide bonds. The van der Waals surface area contributed by atoms with Crippen molar-refractivity contribution in [2.24, 2.45) is 0 Å². The first-order valence-corrected chi connectivity index (χ1v) is 9.79. The third kappa shape index (κ3) is 4.27. The number of carbonyl (C=O) groups is 1. The summed E-state index contributed by atoms with van der Waals surface area (Å²) in [5.74, 6) is 1.05. The van der Waals surface area contributed by atoms with Crippen LogP contribution in [-0.4, -0.2) is 35.7 Å². The summed E-state index contributed by atoms with van der Waals surface area (Å²) >= 11 is 1.34. The average molecular weight is 406 g/mol. The number of hydrogen-bond acceptors (Lipinski definition) is 7. The standard InChI is InChI=1S/C19H18N8OS/c1-12(2)27-11-21-26-17(27)14-6-3-7-16(22-14)24-18(28)25-19-23-15(10-29-19)13-5-4-8-20-9-13/h3-12H,1-2H3,(H2,22,23,24,25,28). The Morgan fingerprint density at radius 1 is 1.10 bits per heavy atom. The molecule has 4 heterocycles. The Bertz CT molecular complexity index is 1120. The number of rotatable bonds is 5. The van der Waals surface area contributed by atoms with E-state index >= 15 is 0 Å². The van der Waals surface area contributed by atoms with Crippen LogP contribution in [0, 0.1) is 0 Å². The largest absolute Gasteiger partial charge is 0.326 e.